The molecular formula is C24H26N4O4S. The average Bonchev–Trinajstić information content (AvgIpc) is 3.20. The molecule has 0 bridgehead atoms. The van der Waals surface area contributed by atoms with E-state index in [0.717, 1.165) is 59.2 Å². The Morgan fingerprint density at radius 1 is 1.03 bits per heavy atom. The maximum Gasteiger partial charge on any atom is 0.297 e. The first-order valence-corrected chi connectivity index (χ1v) is 12.5. The SMILES string of the molecule is Cc1ccc(S(=O)(=O)OCCOC2CCN(c3ccc4c(n3)[nH]c3ccncc34)CC2)cc1. The van der Waals surface area contributed by atoms with Crippen molar-refractivity contribution < 1.29 is 17.3 Å². The number of nitrogens with one attached hydrogen (secondary N) is 1. The summed E-state index contributed by atoms with van der Waals surface area (Å²) in [7, 11) is -3.76. The fourth-order valence-electron chi connectivity index (χ4n) is 4.17. The number of rotatable bonds is 7. The summed E-state index contributed by atoms with van der Waals surface area (Å²) >= 11 is 0. The zero-order valence-corrected chi connectivity index (χ0v) is 19.2. The Balaban J connectivity index is 1.12. The zero-order valence-electron chi connectivity index (χ0n) is 18.4. The van der Waals surface area contributed by atoms with Crippen LogP contribution in [0, 0.1) is 6.92 Å². The largest absolute Gasteiger partial charge is 0.376 e. The summed E-state index contributed by atoms with van der Waals surface area (Å²) in [5, 5.41) is 2.14. The van der Waals surface area contributed by atoms with Crippen LogP contribution in [0.1, 0.15) is 18.4 Å². The number of hydrogen-bond acceptors (Lipinski definition) is 7. The highest BCUT2D eigenvalue weighted by Crippen LogP contribution is 2.27. The van der Waals surface area contributed by atoms with Crippen molar-refractivity contribution in [3.63, 3.8) is 0 Å². The van der Waals surface area contributed by atoms with Crippen LogP contribution >= 0.6 is 0 Å². The molecule has 5 rings (SSSR count). The van der Waals surface area contributed by atoms with Crippen molar-refractivity contribution in [1.29, 1.82) is 0 Å². The lowest BCUT2D eigenvalue weighted by Crippen LogP contribution is -2.37. The first-order valence-electron chi connectivity index (χ1n) is 11.0. The van der Waals surface area contributed by atoms with Crippen molar-refractivity contribution in [3.05, 3.63) is 60.4 Å². The number of H-pyrrole nitrogens is 1. The van der Waals surface area contributed by atoms with Gasteiger partial charge in [-0.1, -0.05) is 17.7 Å². The Morgan fingerprint density at radius 2 is 1.82 bits per heavy atom. The minimum absolute atomic E-state index is 0.00386. The summed E-state index contributed by atoms with van der Waals surface area (Å²) < 4.78 is 35.5. The van der Waals surface area contributed by atoms with E-state index in [-0.39, 0.29) is 24.2 Å². The number of pyridine rings is 2. The van der Waals surface area contributed by atoms with Crippen molar-refractivity contribution in [2.24, 2.45) is 0 Å². The first-order chi connectivity index (χ1) is 16.0. The van der Waals surface area contributed by atoms with E-state index < -0.39 is 10.1 Å². The predicted molar refractivity (Wildman–Crippen MR) is 127 cm³/mol. The summed E-state index contributed by atoms with van der Waals surface area (Å²) in [6, 6.07) is 12.7. The summed E-state index contributed by atoms with van der Waals surface area (Å²) in [4.78, 5) is 14.8. The van der Waals surface area contributed by atoms with Crippen LogP contribution in [0.4, 0.5) is 5.82 Å². The fourth-order valence-corrected chi connectivity index (χ4v) is 5.06. The zero-order chi connectivity index (χ0) is 22.8. The highest BCUT2D eigenvalue weighted by atomic mass is 32.2. The molecule has 0 atom stereocenters. The van der Waals surface area contributed by atoms with Gasteiger partial charge in [-0.3, -0.25) is 9.17 Å². The topological polar surface area (TPSA) is 97.4 Å². The van der Waals surface area contributed by atoms with Crippen LogP contribution in [0.2, 0.25) is 0 Å². The van der Waals surface area contributed by atoms with Crippen LogP contribution in [0.25, 0.3) is 21.9 Å². The maximum absolute atomic E-state index is 12.2. The summed E-state index contributed by atoms with van der Waals surface area (Å²) in [6.07, 6.45) is 5.40. The summed E-state index contributed by atoms with van der Waals surface area (Å²) in [5.74, 6) is 0.938. The van der Waals surface area contributed by atoms with Crippen molar-refractivity contribution in [3.8, 4) is 0 Å². The van der Waals surface area contributed by atoms with Crippen LogP contribution in [-0.2, 0) is 19.0 Å². The minimum atomic E-state index is -3.76. The average molecular weight is 467 g/mol. The van der Waals surface area contributed by atoms with E-state index in [4.69, 9.17) is 13.9 Å². The van der Waals surface area contributed by atoms with Gasteiger partial charge in [0.1, 0.15) is 11.5 Å². The number of aromatic amines is 1. The molecule has 0 amide bonds. The smallest absolute Gasteiger partial charge is 0.297 e. The lowest BCUT2D eigenvalue weighted by atomic mass is 10.1. The Kier molecular flexibility index (Phi) is 6.01. The third kappa shape index (κ3) is 4.71. The lowest BCUT2D eigenvalue weighted by Gasteiger charge is -2.32. The van der Waals surface area contributed by atoms with Crippen LogP contribution in [0.5, 0.6) is 0 Å². The van der Waals surface area contributed by atoms with E-state index in [1.165, 1.54) is 0 Å². The fraction of sp³-hybridized carbons (Fsp3) is 0.333. The summed E-state index contributed by atoms with van der Waals surface area (Å²) in [6.45, 7) is 3.80. The maximum atomic E-state index is 12.2. The van der Waals surface area contributed by atoms with Crippen LogP contribution < -0.4 is 4.90 Å². The monoisotopic (exact) mass is 466 g/mol. The number of hydrogen-bond donors (Lipinski definition) is 1. The van der Waals surface area contributed by atoms with Crippen LogP contribution in [0.15, 0.2) is 59.8 Å². The van der Waals surface area contributed by atoms with Gasteiger partial charge in [0.15, 0.2) is 0 Å². The van der Waals surface area contributed by atoms with Crippen molar-refractivity contribution in [2.45, 2.75) is 30.8 Å². The van der Waals surface area contributed by atoms with Crippen molar-refractivity contribution in [2.75, 3.05) is 31.2 Å². The number of nitrogens with zero attached hydrogens (tertiary/aromatic N) is 3. The molecule has 0 unspecified atom stereocenters. The van der Waals surface area contributed by atoms with E-state index in [1.807, 2.05) is 25.3 Å². The number of aryl methyl sites for hydroxylation is 1. The van der Waals surface area contributed by atoms with Gasteiger partial charge in [0.2, 0.25) is 0 Å². The van der Waals surface area contributed by atoms with Crippen LogP contribution in [-0.4, -0.2) is 55.8 Å². The lowest BCUT2D eigenvalue weighted by molar-refractivity contribution is 0.0212. The number of fused-ring (bicyclic) bond motifs is 3. The van der Waals surface area contributed by atoms with E-state index in [1.54, 1.807) is 30.5 Å². The Labute approximate surface area is 192 Å². The van der Waals surface area contributed by atoms with E-state index >= 15 is 0 Å². The number of anilines is 1. The standard InChI is InChI=1S/C24H26N4O4S/c1-17-2-4-19(5-3-17)33(29,30)32-15-14-31-18-9-12-28(13-10-18)23-7-6-20-21-16-25-11-8-22(21)26-24(20)27-23/h2-8,11,16,18H,9-10,12-15H2,1H3,(H,26,27). The quantitative estimate of drug-likeness (QED) is 0.327. The molecule has 1 N–H and O–H groups in total. The molecule has 33 heavy (non-hydrogen) atoms. The summed E-state index contributed by atoms with van der Waals surface area (Å²) in [5.41, 5.74) is 2.89. The molecule has 0 spiro atoms. The molecule has 8 nitrogen and oxygen atoms in total. The van der Waals surface area contributed by atoms with Gasteiger partial charge in [-0.25, -0.2) is 4.98 Å². The highest BCUT2D eigenvalue weighted by Gasteiger charge is 2.22. The van der Waals surface area contributed by atoms with Gasteiger partial charge in [-0.05, 0) is 50.1 Å². The van der Waals surface area contributed by atoms with Crippen molar-refractivity contribution in [1.82, 2.24) is 15.0 Å². The highest BCUT2D eigenvalue weighted by molar-refractivity contribution is 7.86. The molecule has 1 aliphatic rings. The van der Waals surface area contributed by atoms with Crippen molar-refractivity contribution >= 4 is 37.9 Å². The molecule has 0 aliphatic carbocycles. The number of ether oxygens (including phenoxy) is 1. The second kappa shape index (κ2) is 9.09. The Hall–Kier alpha value is -3.01. The number of aromatic nitrogens is 3. The second-order valence-electron chi connectivity index (χ2n) is 8.26. The van der Waals surface area contributed by atoms with Gasteiger partial charge < -0.3 is 14.6 Å². The molecule has 4 heterocycles. The normalized spacial score (nSPS) is 15.5. The molecule has 1 aromatic carbocycles. The number of benzene rings is 1. The van der Waals surface area contributed by atoms with Gasteiger partial charge in [0.05, 0.1) is 29.7 Å². The van der Waals surface area contributed by atoms with Gasteiger partial charge in [0, 0.05) is 36.3 Å². The predicted octanol–water partition coefficient (Wildman–Crippen LogP) is 3.81. The number of piperidine rings is 1. The molecule has 1 saturated heterocycles. The molecule has 4 aromatic rings. The van der Waals surface area contributed by atoms with E-state index in [9.17, 15) is 8.42 Å². The van der Waals surface area contributed by atoms with Gasteiger partial charge in [-0.15, -0.1) is 0 Å². The molecule has 9 heteroatoms. The molecule has 172 valence electrons. The molecule has 0 radical (unpaired) electrons. The van der Waals surface area contributed by atoms with Gasteiger partial charge in [0.25, 0.3) is 10.1 Å². The Morgan fingerprint density at radius 3 is 2.61 bits per heavy atom. The Bertz CT molecular complexity index is 1360. The third-order valence-electron chi connectivity index (χ3n) is 6.00. The molecular weight excluding hydrogens is 440 g/mol. The third-order valence-corrected chi connectivity index (χ3v) is 7.32. The molecule has 1 fully saturated rings. The first kappa shape index (κ1) is 21.8. The van der Waals surface area contributed by atoms with E-state index in [2.05, 4.69) is 20.9 Å². The minimum Gasteiger partial charge on any atom is -0.376 e. The van der Waals surface area contributed by atoms with Gasteiger partial charge >= 0.3 is 0 Å². The van der Waals surface area contributed by atoms with Crippen LogP contribution in [0.3, 0.4) is 0 Å². The molecule has 3 aromatic heterocycles. The molecule has 1 aliphatic heterocycles. The van der Waals surface area contributed by atoms with E-state index in [0.29, 0.717) is 0 Å². The second-order valence-corrected chi connectivity index (χ2v) is 9.87. The molecule has 0 saturated carbocycles. The van der Waals surface area contributed by atoms with Gasteiger partial charge in [-0.2, -0.15) is 8.42 Å².